The van der Waals surface area contributed by atoms with Gasteiger partial charge in [-0.05, 0) is 102 Å². The quantitative estimate of drug-likeness (QED) is 0.183. The van der Waals surface area contributed by atoms with Gasteiger partial charge in [-0.25, -0.2) is 4.79 Å². The number of ether oxygens (including phenoxy) is 10. The molecule has 63 heavy (non-hydrogen) atoms. The Bertz CT molecular complexity index is 1790. The van der Waals surface area contributed by atoms with Gasteiger partial charge in [-0.3, -0.25) is 4.79 Å². The predicted octanol–water partition coefficient (Wildman–Crippen LogP) is 6.07. The molecule has 3 saturated carbocycles. The topological polar surface area (TPSA) is 167 Å². The number of rotatable bonds is 12. The number of methoxy groups -OCH3 is 3. The van der Waals surface area contributed by atoms with E-state index < -0.39 is 72.5 Å². The van der Waals surface area contributed by atoms with E-state index >= 15 is 0 Å². The molecule has 1 aromatic rings. The van der Waals surface area contributed by atoms with Crippen LogP contribution in [0, 0.1) is 28.6 Å². The third-order valence-corrected chi connectivity index (χ3v) is 16.8. The van der Waals surface area contributed by atoms with Gasteiger partial charge in [0.15, 0.2) is 18.9 Å². The molecule has 0 aromatic heterocycles. The summed E-state index contributed by atoms with van der Waals surface area (Å²) in [6.45, 7) is 11.6. The van der Waals surface area contributed by atoms with Gasteiger partial charge in [0.2, 0.25) is 0 Å². The monoisotopic (exact) mass is 884 g/mol. The molecule has 7 aliphatic rings. The molecule has 0 radical (unpaired) electrons. The van der Waals surface area contributed by atoms with Gasteiger partial charge >= 0.3 is 5.97 Å². The summed E-state index contributed by atoms with van der Waals surface area (Å²) in [4.78, 5) is 26.8. The summed E-state index contributed by atoms with van der Waals surface area (Å²) in [5.41, 5.74) is -0.513. The van der Waals surface area contributed by atoms with Gasteiger partial charge in [-0.1, -0.05) is 43.7 Å². The Kier molecular flexibility index (Phi) is 14.0. The number of esters is 1. The van der Waals surface area contributed by atoms with Crippen molar-refractivity contribution in [2.45, 2.75) is 197 Å². The van der Waals surface area contributed by atoms with E-state index in [4.69, 9.17) is 47.4 Å². The maximum atomic E-state index is 13.6. The predicted molar refractivity (Wildman–Crippen MR) is 228 cm³/mol. The SMILES string of the molecule is CO[C@@H]1C[C@H](O[C@@H]2[C@@H](C)O[C@@H](O[C@@H]3[C@@H](C)O[C@@H](O[C@H]4CC[C@@]5(C)C(=CC[C@@H]6[C@@H]5C[C@@H](OC(=O)c5ccccc5)[C@]5(C)[C@H](C(C)=O)CC[C@]65O)C4)C[C@H]3OC)C[C@H]2OC)O[C@H](C)[C@H]1O. The first kappa shape index (κ1) is 47.2. The van der Waals surface area contributed by atoms with Crippen molar-refractivity contribution in [3.63, 3.8) is 0 Å². The third kappa shape index (κ3) is 8.62. The minimum absolute atomic E-state index is 0.0389. The lowest BCUT2D eigenvalue weighted by Crippen LogP contribution is -2.66. The van der Waals surface area contributed by atoms with Crippen LogP contribution in [0.15, 0.2) is 42.0 Å². The molecule has 20 atom stereocenters. The van der Waals surface area contributed by atoms with Crippen LogP contribution in [0.2, 0.25) is 0 Å². The molecule has 6 fully saturated rings. The molecular formula is C49H72O14. The Hall–Kier alpha value is -2.34. The van der Waals surface area contributed by atoms with E-state index in [1.165, 1.54) is 5.57 Å². The normalized spacial score (nSPS) is 47.4. The summed E-state index contributed by atoms with van der Waals surface area (Å²) in [6, 6.07) is 8.99. The Morgan fingerprint density at radius 2 is 1.30 bits per heavy atom. The highest BCUT2D eigenvalue weighted by Crippen LogP contribution is 2.68. The Morgan fingerprint density at radius 3 is 1.89 bits per heavy atom. The molecule has 0 amide bonds. The number of allylic oxidation sites excluding steroid dienone is 1. The first-order chi connectivity index (χ1) is 30.0. The molecule has 2 N–H and O–H groups in total. The van der Waals surface area contributed by atoms with Crippen LogP contribution in [0.5, 0.6) is 0 Å². The van der Waals surface area contributed by atoms with Gasteiger partial charge in [-0.2, -0.15) is 0 Å². The number of benzene rings is 1. The van der Waals surface area contributed by atoms with Gasteiger partial charge in [-0.15, -0.1) is 0 Å². The average molecular weight is 885 g/mol. The Labute approximate surface area is 372 Å². The molecule has 14 heteroatoms. The van der Waals surface area contributed by atoms with Gasteiger partial charge in [0, 0.05) is 51.9 Å². The first-order valence-corrected chi connectivity index (χ1v) is 23.4. The van der Waals surface area contributed by atoms with Crippen LogP contribution < -0.4 is 0 Å². The fraction of sp³-hybridized carbons (Fsp3) is 0.796. The maximum absolute atomic E-state index is 13.6. The van der Waals surface area contributed by atoms with Crippen LogP contribution in [0.4, 0.5) is 0 Å². The smallest absolute Gasteiger partial charge is 0.338 e. The van der Waals surface area contributed by atoms with Crippen molar-refractivity contribution in [3.8, 4) is 0 Å². The standard InChI is InChI=1S/C49H72O14/c1-26(50)33-18-20-49(53)34-16-15-31-21-32(17-19-47(31,5)35(34)22-39(48(33,49)6)61-46(52)30-13-11-10-12-14-30)60-40-24-37(55-8)44(28(3)58-40)63-42-25-38(56-9)45(29(4)59-42)62-41-23-36(54-7)43(51)27(2)57-41/h10-15,27-29,32-45,51,53H,16-25H2,1-9H3/t27-,28-,29-,32+,33+,34-,35+,36-,37-,38-,39-,40+,41+,42+,43-,44-,45-,47+,48+,49+/m1/s1. The highest BCUT2D eigenvalue weighted by Gasteiger charge is 2.71. The third-order valence-electron chi connectivity index (χ3n) is 16.8. The van der Waals surface area contributed by atoms with Gasteiger partial charge in [0.05, 0.1) is 53.9 Å². The van der Waals surface area contributed by atoms with E-state index in [-0.39, 0.29) is 59.5 Å². The number of carbonyl (C=O) groups is 2. The van der Waals surface area contributed by atoms with Crippen molar-refractivity contribution in [2.24, 2.45) is 28.6 Å². The number of ketones is 1. The highest BCUT2D eigenvalue weighted by atomic mass is 16.7. The minimum Gasteiger partial charge on any atom is -0.458 e. The summed E-state index contributed by atoms with van der Waals surface area (Å²) in [7, 11) is 4.91. The number of aliphatic hydroxyl groups excluding tert-OH is 1. The summed E-state index contributed by atoms with van der Waals surface area (Å²) in [6.07, 6.45) is 2.16. The number of Topliss-reactive ketones (excluding diaryl/α,β-unsaturated/α-hetero) is 1. The molecule has 0 spiro atoms. The molecule has 0 bridgehead atoms. The Balaban J connectivity index is 0.900. The lowest BCUT2D eigenvalue weighted by molar-refractivity contribution is -0.338. The first-order valence-electron chi connectivity index (χ1n) is 23.4. The minimum atomic E-state index is -1.16. The maximum Gasteiger partial charge on any atom is 0.338 e. The van der Waals surface area contributed by atoms with Crippen molar-refractivity contribution < 1.29 is 67.2 Å². The van der Waals surface area contributed by atoms with Gasteiger partial charge in [0.25, 0.3) is 0 Å². The number of aliphatic hydroxyl groups is 2. The van der Waals surface area contributed by atoms with Crippen LogP contribution in [-0.4, -0.2) is 135 Å². The van der Waals surface area contributed by atoms with Crippen LogP contribution in [0.3, 0.4) is 0 Å². The highest BCUT2D eigenvalue weighted by molar-refractivity contribution is 5.89. The summed E-state index contributed by atoms with van der Waals surface area (Å²) in [5.74, 6) is -0.773. The second-order valence-electron chi connectivity index (χ2n) is 20.0. The Morgan fingerprint density at radius 1 is 0.730 bits per heavy atom. The van der Waals surface area contributed by atoms with E-state index in [0.29, 0.717) is 50.5 Å². The molecule has 1 aromatic carbocycles. The van der Waals surface area contributed by atoms with E-state index in [0.717, 1.165) is 19.3 Å². The van der Waals surface area contributed by atoms with Crippen LogP contribution in [-0.2, 0) is 52.2 Å². The number of fused-ring (bicyclic) bond motifs is 5. The number of hydrogen-bond acceptors (Lipinski definition) is 14. The van der Waals surface area contributed by atoms with E-state index in [1.807, 2.05) is 39.0 Å². The van der Waals surface area contributed by atoms with Crippen molar-refractivity contribution in [1.82, 2.24) is 0 Å². The lowest BCUT2D eigenvalue weighted by atomic mass is 9.45. The van der Waals surface area contributed by atoms with E-state index in [1.54, 1.807) is 47.3 Å². The van der Waals surface area contributed by atoms with Gasteiger partial charge in [0.1, 0.15) is 30.2 Å². The lowest BCUT2D eigenvalue weighted by Gasteiger charge is -2.63. The number of hydrogen-bond donors (Lipinski definition) is 2. The van der Waals surface area contributed by atoms with E-state index in [9.17, 15) is 19.8 Å². The van der Waals surface area contributed by atoms with E-state index in [2.05, 4.69) is 13.0 Å². The second kappa shape index (κ2) is 18.7. The molecular weight excluding hydrogens is 813 g/mol. The fourth-order valence-corrected chi connectivity index (χ4v) is 13.2. The van der Waals surface area contributed by atoms with Crippen LogP contribution in [0.25, 0.3) is 0 Å². The molecule has 0 unspecified atom stereocenters. The molecule has 3 heterocycles. The number of carbonyl (C=O) groups excluding carboxylic acids is 2. The van der Waals surface area contributed by atoms with Crippen molar-refractivity contribution >= 4 is 11.8 Å². The zero-order valence-electron chi connectivity index (χ0n) is 38.6. The average Bonchev–Trinajstić information content (AvgIpc) is 3.56. The van der Waals surface area contributed by atoms with Crippen LogP contribution in [0.1, 0.15) is 116 Å². The molecule has 8 rings (SSSR count). The fourth-order valence-electron chi connectivity index (χ4n) is 13.2. The second-order valence-corrected chi connectivity index (χ2v) is 20.0. The molecule has 3 aliphatic heterocycles. The summed E-state index contributed by atoms with van der Waals surface area (Å²) < 4.78 is 62.6. The zero-order chi connectivity index (χ0) is 45.0. The summed E-state index contributed by atoms with van der Waals surface area (Å²) in [5, 5.41) is 23.3. The van der Waals surface area contributed by atoms with Crippen molar-refractivity contribution in [1.29, 1.82) is 0 Å². The summed E-state index contributed by atoms with van der Waals surface area (Å²) >= 11 is 0. The van der Waals surface area contributed by atoms with Crippen molar-refractivity contribution in [2.75, 3.05) is 21.3 Å². The zero-order valence-corrected chi connectivity index (χ0v) is 38.6. The van der Waals surface area contributed by atoms with Gasteiger partial charge < -0.3 is 57.6 Å². The van der Waals surface area contributed by atoms with Crippen LogP contribution >= 0.6 is 0 Å². The molecule has 3 saturated heterocycles. The van der Waals surface area contributed by atoms with Crippen molar-refractivity contribution in [3.05, 3.63) is 47.5 Å². The molecule has 14 nitrogen and oxygen atoms in total. The molecule has 4 aliphatic carbocycles. The molecule has 352 valence electrons. The largest absolute Gasteiger partial charge is 0.458 e.